The van der Waals surface area contributed by atoms with Gasteiger partial charge in [-0.2, -0.15) is 0 Å². The molecule has 3 nitrogen and oxygen atoms in total. The normalized spacial score (nSPS) is 10.7. The molecule has 0 fully saturated rings. The SMILES string of the molecule is Cc1nc(CC(=O)Cc2nc(-c3ccccc3)cs2)cs1. The summed E-state index contributed by atoms with van der Waals surface area (Å²) in [7, 11) is 0. The lowest BCUT2D eigenvalue weighted by molar-refractivity contribution is -0.117. The summed E-state index contributed by atoms with van der Waals surface area (Å²) in [5.74, 6) is 0.161. The van der Waals surface area contributed by atoms with Crippen molar-refractivity contribution in [1.82, 2.24) is 9.97 Å². The Morgan fingerprint density at radius 1 is 1.05 bits per heavy atom. The van der Waals surface area contributed by atoms with Gasteiger partial charge in [-0.3, -0.25) is 4.79 Å². The van der Waals surface area contributed by atoms with Crippen LogP contribution in [0.25, 0.3) is 11.3 Å². The first kappa shape index (κ1) is 14.1. The van der Waals surface area contributed by atoms with E-state index in [-0.39, 0.29) is 5.78 Å². The van der Waals surface area contributed by atoms with Crippen LogP contribution >= 0.6 is 22.7 Å². The molecule has 1 aromatic carbocycles. The van der Waals surface area contributed by atoms with Crippen LogP contribution < -0.4 is 0 Å². The molecule has 0 bridgehead atoms. The van der Waals surface area contributed by atoms with E-state index in [9.17, 15) is 4.79 Å². The molecule has 0 unspecified atom stereocenters. The molecule has 0 aliphatic heterocycles. The van der Waals surface area contributed by atoms with Crippen LogP contribution in [0, 0.1) is 6.92 Å². The second-order valence-corrected chi connectivity index (χ2v) is 6.75. The van der Waals surface area contributed by atoms with Crippen LogP contribution in [0.1, 0.15) is 15.7 Å². The van der Waals surface area contributed by atoms with Gasteiger partial charge in [0.2, 0.25) is 0 Å². The summed E-state index contributed by atoms with van der Waals surface area (Å²) in [4.78, 5) is 20.9. The van der Waals surface area contributed by atoms with Crippen LogP contribution in [0.5, 0.6) is 0 Å². The first-order valence-corrected chi connectivity index (χ1v) is 8.39. The Hall–Kier alpha value is -1.85. The lowest BCUT2D eigenvalue weighted by Crippen LogP contribution is -2.06. The number of hydrogen-bond donors (Lipinski definition) is 0. The first-order chi connectivity index (χ1) is 10.2. The van der Waals surface area contributed by atoms with Crippen LogP contribution in [-0.4, -0.2) is 15.8 Å². The second kappa shape index (κ2) is 6.28. The zero-order chi connectivity index (χ0) is 14.7. The van der Waals surface area contributed by atoms with Gasteiger partial charge in [-0.25, -0.2) is 9.97 Å². The fourth-order valence-corrected chi connectivity index (χ4v) is 3.50. The van der Waals surface area contributed by atoms with Gasteiger partial charge in [0.1, 0.15) is 10.8 Å². The number of rotatable bonds is 5. The van der Waals surface area contributed by atoms with E-state index >= 15 is 0 Å². The second-order valence-electron chi connectivity index (χ2n) is 4.74. The summed E-state index contributed by atoms with van der Waals surface area (Å²) < 4.78 is 0. The number of hydrogen-bond acceptors (Lipinski definition) is 5. The molecule has 0 amide bonds. The van der Waals surface area contributed by atoms with Gasteiger partial charge in [-0.15, -0.1) is 22.7 Å². The van der Waals surface area contributed by atoms with E-state index in [0.29, 0.717) is 12.8 Å². The summed E-state index contributed by atoms with van der Waals surface area (Å²) in [6, 6.07) is 10.0. The van der Waals surface area contributed by atoms with Crippen molar-refractivity contribution in [3.8, 4) is 11.3 Å². The van der Waals surface area contributed by atoms with Crippen molar-refractivity contribution in [2.45, 2.75) is 19.8 Å². The topological polar surface area (TPSA) is 42.9 Å². The zero-order valence-corrected chi connectivity index (χ0v) is 13.2. The maximum Gasteiger partial charge on any atom is 0.145 e. The molecule has 5 heteroatoms. The van der Waals surface area contributed by atoms with Crippen LogP contribution in [0.2, 0.25) is 0 Å². The molecule has 0 radical (unpaired) electrons. The lowest BCUT2D eigenvalue weighted by Gasteiger charge is -1.96. The summed E-state index contributed by atoms with van der Waals surface area (Å²) in [6.07, 6.45) is 0.776. The average molecular weight is 314 g/mol. The Bertz CT molecular complexity index is 746. The fourth-order valence-electron chi connectivity index (χ4n) is 2.06. The zero-order valence-electron chi connectivity index (χ0n) is 11.6. The third-order valence-electron chi connectivity index (χ3n) is 3.01. The predicted molar refractivity (Wildman–Crippen MR) is 86.8 cm³/mol. The maximum atomic E-state index is 12.1. The minimum atomic E-state index is 0.161. The van der Waals surface area contributed by atoms with Crippen molar-refractivity contribution in [2.24, 2.45) is 0 Å². The molecule has 2 aromatic heterocycles. The van der Waals surface area contributed by atoms with Gasteiger partial charge in [0.15, 0.2) is 0 Å². The van der Waals surface area contributed by atoms with Gasteiger partial charge in [0, 0.05) is 22.7 Å². The minimum absolute atomic E-state index is 0.161. The molecule has 0 atom stereocenters. The number of aryl methyl sites for hydroxylation is 1. The first-order valence-electron chi connectivity index (χ1n) is 6.63. The van der Waals surface area contributed by atoms with Crippen LogP contribution in [0.3, 0.4) is 0 Å². The highest BCUT2D eigenvalue weighted by atomic mass is 32.1. The standard InChI is InChI=1S/C16H14N2OS2/c1-11-17-13(9-20-11)7-14(19)8-16-18-15(10-21-16)12-5-3-2-4-6-12/h2-6,9-10H,7-8H2,1H3. The average Bonchev–Trinajstić information content (AvgIpc) is 3.09. The van der Waals surface area contributed by atoms with Crippen molar-refractivity contribution in [3.05, 3.63) is 56.8 Å². The summed E-state index contributed by atoms with van der Waals surface area (Å²) in [6.45, 7) is 1.95. The highest BCUT2D eigenvalue weighted by Crippen LogP contribution is 2.22. The summed E-state index contributed by atoms with van der Waals surface area (Å²) in [5, 5.41) is 5.82. The van der Waals surface area contributed by atoms with Crippen LogP contribution in [-0.2, 0) is 17.6 Å². The summed E-state index contributed by atoms with van der Waals surface area (Å²) in [5.41, 5.74) is 2.89. The number of carbonyl (C=O) groups excluding carboxylic acids is 1. The fraction of sp³-hybridized carbons (Fsp3) is 0.188. The molecule has 21 heavy (non-hydrogen) atoms. The van der Waals surface area contributed by atoms with Gasteiger partial charge >= 0.3 is 0 Å². The van der Waals surface area contributed by atoms with E-state index < -0.39 is 0 Å². The number of nitrogens with zero attached hydrogens (tertiary/aromatic N) is 2. The third-order valence-corrected chi connectivity index (χ3v) is 4.69. The van der Waals surface area contributed by atoms with Crippen molar-refractivity contribution >= 4 is 28.5 Å². The van der Waals surface area contributed by atoms with Crippen molar-refractivity contribution in [1.29, 1.82) is 0 Å². The van der Waals surface area contributed by atoms with E-state index in [1.807, 2.05) is 48.0 Å². The molecule has 106 valence electrons. The van der Waals surface area contributed by atoms with E-state index in [1.54, 1.807) is 11.3 Å². The molecule has 0 aliphatic rings. The van der Waals surface area contributed by atoms with Gasteiger partial charge in [0.25, 0.3) is 0 Å². The van der Waals surface area contributed by atoms with Crippen molar-refractivity contribution < 1.29 is 4.79 Å². The Kier molecular flexibility index (Phi) is 4.22. The van der Waals surface area contributed by atoms with E-state index in [4.69, 9.17) is 0 Å². The Morgan fingerprint density at radius 2 is 1.86 bits per heavy atom. The highest BCUT2D eigenvalue weighted by molar-refractivity contribution is 7.10. The third kappa shape index (κ3) is 3.62. The van der Waals surface area contributed by atoms with Gasteiger partial charge in [-0.1, -0.05) is 30.3 Å². The molecule has 0 spiro atoms. The molecule has 3 aromatic rings. The smallest absolute Gasteiger partial charge is 0.145 e. The van der Waals surface area contributed by atoms with Crippen molar-refractivity contribution in [2.75, 3.05) is 0 Å². The number of carbonyl (C=O) groups is 1. The number of aromatic nitrogens is 2. The Morgan fingerprint density at radius 3 is 2.57 bits per heavy atom. The Labute approximate surface area is 131 Å². The highest BCUT2D eigenvalue weighted by Gasteiger charge is 2.11. The molecule has 0 saturated heterocycles. The number of thiazole rings is 2. The van der Waals surface area contributed by atoms with Crippen molar-refractivity contribution in [3.63, 3.8) is 0 Å². The Balaban J connectivity index is 1.66. The maximum absolute atomic E-state index is 12.1. The van der Waals surface area contributed by atoms with Gasteiger partial charge in [-0.05, 0) is 6.92 Å². The minimum Gasteiger partial charge on any atom is -0.299 e. The summed E-state index contributed by atoms with van der Waals surface area (Å²) >= 11 is 3.12. The molecule has 0 N–H and O–H groups in total. The van der Waals surface area contributed by atoms with Gasteiger partial charge < -0.3 is 0 Å². The largest absolute Gasteiger partial charge is 0.299 e. The quantitative estimate of drug-likeness (QED) is 0.716. The number of benzene rings is 1. The van der Waals surface area contributed by atoms with E-state index in [1.165, 1.54) is 11.3 Å². The molecular weight excluding hydrogens is 300 g/mol. The predicted octanol–water partition coefficient (Wildman–Crippen LogP) is 3.93. The molecular formula is C16H14N2OS2. The lowest BCUT2D eigenvalue weighted by atomic mass is 10.1. The number of ketones is 1. The monoisotopic (exact) mass is 314 g/mol. The van der Waals surface area contributed by atoms with E-state index in [0.717, 1.165) is 27.0 Å². The molecule has 0 aliphatic carbocycles. The van der Waals surface area contributed by atoms with Crippen LogP contribution in [0.15, 0.2) is 41.1 Å². The molecule has 3 rings (SSSR count). The number of Topliss-reactive ketones (excluding diaryl/α,β-unsaturated/α-hetero) is 1. The van der Waals surface area contributed by atoms with Crippen LogP contribution in [0.4, 0.5) is 0 Å². The molecule has 2 heterocycles. The van der Waals surface area contributed by atoms with E-state index in [2.05, 4.69) is 9.97 Å². The molecule has 0 saturated carbocycles. The van der Waals surface area contributed by atoms with Gasteiger partial charge in [0.05, 0.1) is 22.8 Å².